The van der Waals surface area contributed by atoms with Crippen molar-refractivity contribution >= 4 is 45.3 Å². The van der Waals surface area contributed by atoms with Gasteiger partial charge in [0.05, 0.1) is 36.6 Å². The summed E-state index contributed by atoms with van der Waals surface area (Å²) in [7, 11) is 1.69. The quantitative estimate of drug-likeness (QED) is 0.125. The fourth-order valence-corrected chi connectivity index (χ4v) is 9.70. The number of hydrogen-bond donors (Lipinski definition) is 1. The lowest BCUT2D eigenvalue weighted by Crippen LogP contribution is -2.59. The Bertz CT molecular complexity index is 1680. The van der Waals surface area contributed by atoms with Crippen LogP contribution in [0.4, 0.5) is 5.69 Å². The average Bonchev–Trinajstić information content (AvgIpc) is 3.73. The Balaban J connectivity index is 1.58. The molecule has 0 radical (unpaired) electrons. The molecule has 2 bridgehead atoms. The molecule has 5 rings (SSSR count). The van der Waals surface area contributed by atoms with Crippen molar-refractivity contribution in [1.29, 1.82) is 0 Å². The molecule has 0 aliphatic carbocycles. The number of anilines is 1. The third-order valence-corrected chi connectivity index (χ3v) is 12.1. The number of ether oxygens (including phenoxy) is 2. The van der Waals surface area contributed by atoms with Crippen LogP contribution in [0.25, 0.3) is 0 Å². The van der Waals surface area contributed by atoms with Crippen molar-refractivity contribution < 1.29 is 33.8 Å². The summed E-state index contributed by atoms with van der Waals surface area (Å²) >= 11 is 3.77. The van der Waals surface area contributed by atoms with Gasteiger partial charge < -0.3 is 29.3 Å². The zero-order chi connectivity index (χ0) is 38.8. The van der Waals surface area contributed by atoms with E-state index in [1.165, 1.54) is 4.90 Å². The summed E-state index contributed by atoms with van der Waals surface area (Å²) in [4.78, 5) is 62.4. The van der Waals surface area contributed by atoms with Crippen LogP contribution in [0.5, 0.6) is 0 Å². The highest BCUT2D eigenvalue weighted by Crippen LogP contribution is 2.61. The van der Waals surface area contributed by atoms with E-state index >= 15 is 4.79 Å². The van der Waals surface area contributed by atoms with Crippen LogP contribution in [0.3, 0.4) is 0 Å². The molecule has 10 nitrogen and oxygen atoms in total. The van der Waals surface area contributed by atoms with Crippen LogP contribution < -0.4 is 4.90 Å². The molecule has 2 aromatic carbocycles. The molecule has 3 saturated heterocycles. The van der Waals surface area contributed by atoms with E-state index in [0.717, 1.165) is 16.8 Å². The number of aryl methyl sites for hydroxylation is 2. The number of amides is 3. The van der Waals surface area contributed by atoms with Gasteiger partial charge in [-0.3, -0.25) is 19.2 Å². The van der Waals surface area contributed by atoms with Crippen molar-refractivity contribution in [1.82, 2.24) is 9.80 Å². The fraction of sp³-hybridized carbons (Fsp3) is 0.524. The molecule has 1 N–H and O–H groups in total. The molecule has 11 heteroatoms. The van der Waals surface area contributed by atoms with E-state index < -0.39 is 59.6 Å². The van der Waals surface area contributed by atoms with Gasteiger partial charge in [0.2, 0.25) is 11.8 Å². The monoisotopic (exact) mass is 791 g/mol. The minimum atomic E-state index is -1.37. The molecule has 53 heavy (non-hydrogen) atoms. The van der Waals surface area contributed by atoms with Crippen molar-refractivity contribution in [3.8, 4) is 0 Å². The molecule has 1 spiro atoms. The Morgan fingerprint density at radius 2 is 1.74 bits per heavy atom. The number of hydrogen-bond acceptors (Lipinski definition) is 7. The molecule has 3 amide bonds. The number of allylic oxidation sites excluding steroid dienone is 1. The number of aliphatic hydroxyl groups is 1. The zero-order valence-corrected chi connectivity index (χ0v) is 33.3. The van der Waals surface area contributed by atoms with Gasteiger partial charge in [-0.1, -0.05) is 90.5 Å². The largest absolute Gasteiger partial charge is 0.455 e. The highest BCUT2D eigenvalue weighted by Gasteiger charge is 2.77. The van der Waals surface area contributed by atoms with Gasteiger partial charge in [0.25, 0.3) is 5.91 Å². The van der Waals surface area contributed by atoms with Crippen LogP contribution in [0.15, 0.2) is 73.8 Å². The Kier molecular flexibility index (Phi) is 12.7. The highest BCUT2D eigenvalue weighted by atomic mass is 79.9. The number of likely N-dealkylation sites (N-methyl/N-ethyl adjacent to an activating group) is 1. The Morgan fingerprint density at radius 1 is 1.08 bits per heavy atom. The van der Waals surface area contributed by atoms with Gasteiger partial charge in [-0.05, 0) is 62.6 Å². The first-order valence-electron chi connectivity index (χ1n) is 18.6. The van der Waals surface area contributed by atoms with Gasteiger partial charge in [0.1, 0.15) is 17.7 Å². The SMILES string of the molecule is C=CCCC(=O)N(C)[C@@H](C)[C@@H](OC(=O)[C@@H]1[C@H]2O[C@@]3(CC2Br)[C@H](C(=O)N(CC=C)c2c(C)cccc2C)N([C@@H](CO)CC(C)C)C(=O)[C@@H]13)c1ccccc1. The minimum Gasteiger partial charge on any atom is -0.455 e. The van der Waals surface area contributed by atoms with E-state index in [1.807, 2.05) is 83.1 Å². The number of esters is 1. The smallest absolute Gasteiger partial charge is 0.313 e. The predicted molar refractivity (Wildman–Crippen MR) is 208 cm³/mol. The summed E-state index contributed by atoms with van der Waals surface area (Å²) in [6, 6.07) is 12.7. The molecule has 286 valence electrons. The summed E-state index contributed by atoms with van der Waals surface area (Å²) in [6.45, 7) is 17.2. The van der Waals surface area contributed by atoms with Crippen molar-refractivity contribution in [2.45, 2.75) is 101 Å². The summed E-state index contributed by atoms with van der Waals surface area (Å²) in [5.41, 5.74) is 1.82. The second-order valence-corrected chi connectivity index (χ2v) is 16.4. The third-order valence-electron chi connectivity index (χ3n) is 11.2. The average molecular weight is 793 g/mol. The molecule has 1 unspecified atom stereocenters. The number of para-hydroxylation sites is 1. The third kappa shape index (κ3) is 7.49. The van der Waals surface area contributed by atoms with E-state index in [0.29, 0.717) is 24.8 Å². The molecular weight excluding hydrogens is 738 g/mol. The van der Waals surface area contributed by atoms with Gasteiger partial charge in [0.15, 0.2) is 0 Å². The van der Waals surface area contributed by atoms with Gasteiger partial charge in [-0.15, -0.1) is 13.2 Å². The lowest BCUT2D eigenvalue weighted by Gasteiger charge is -2.40. The van der Waals surface area contributed by atoms with Crippen LogP contribution in [-0.4, -0.2) is 93.5 Å². The number of fused-ring (bicyclic) bond motifs is 1. The normalized spacial score (nSPS) is 26.2. The van der Waals surface area contributed by atoms with Gasteiger partial charge in [0, 0.05) is 30.5 Å². The van der Waals surface area contributed by atoms with E-state index in [-0.39, 0.29) is 42.1 Å². The number of nitrogens with zero attached hydrogens (tertiary/aromatic N) is 3. The number of halogens is 1. The van der Waals surface area contributed by atoms with E-state index in [9.17, 15) is 19.5 Å². The first-order chi connectivity index (χ1) is 25.2. The number of aliphatic hydroxyl groups excluding tert-OH is 1. The van der Waals surface area contributed by atoms with Crippen molar-refractivity contribution in [2.24, 2.45) is 17.8 Å². The summed E-state index contributed by atoms with van der Waals surface area (Å²) in [5, 5.41) is 10.8. The van der Waals surface area contributed by atoms with Crippen molar-refractivity contribution in [2.75, 3.05) is 25.1 Å². The van der Waals surface area contributed by atoms with E-state index in [1.54, 1.807) is 29.0 Å². The van der Waals surface area contributed by atoms with E-state index in [2.05, 4.69) is 29.1 Å². The number of carbonyl (C=O) groups excluding carboxylic acids is 4. The lowest BCUT2D eigenvalue weighted by atomic mass is 9.70. The number of carbonyl (C=O) groups is 4. The van der Waals surface area contributed by atoms with E-state index in [4.69, 9.17) is 9.47 Å². The first kappa shape index (κ1) is 40.4. The van der Waals surface area contributed by atoms with Gasteiger partial charge in [-0.25, -0.2) is 0 Å². The molecule has 3 heterocycles. The fourth-order valence-electron chi connectivity index (χ4n) is 8.75. The minimum absolute atomic E-state index is 0.0951. The number of alkyl halides is 1. The molecule has 3 aliphatic rings. The Morgan fingerprint density at radius 3 is 2.32 bits per heavy atom. The lowest BCUT2D eigenvalue weighted by molar-refractivity contribution is -0.165. The molecule has 0 saturated carbocycles. The molecule has 2 aromatic rings. The summed E-state index contributed by atoms with van der Waals surface area (Å²) in [5.74, 6) is -3.51. The van der Waals surface area contributed by atoms with Crippen LogP contribution in [-0.2, 0) is 28.7 Å². The molecule has 3 fully saturated rings. The summed E-state index contributed by atoms with van der Waals surface area (Å²) in [6.07, 6.45) is 3.26. The Labute approximate surface area is 322 Å². The van der Waals surface area contributed by atoms with Crippen LogP contribution in [0, 0.1) is 31.6 Å². The molecule has 3 aliphatic heterocycles. The second-order valence-electron chi connectivity index (χ2n) is 15.2. The maximum absolute atomic E-state index is 15.2. The van der Waals surface area contributed by atoms with Crippen molar-refractivity contribution in [3.63, 3.8) is 0 Å². The van der Waals surface area contributed by atoms with Crippen LogP contribution in [0.2, 0.25) is 0 Å². The molecular formula is C42H54BrN3O7. The second kappa shape index (κ2) is 16.7. The van der Waals surface area contributed by atoms with Crippen molar-refractivity contribution in [3.05, 3.63) is 90.5 Å². The standard InChI is InChI=1S/C42H54BrN3O7/c1-9-11-20-32(48)44(8)28(7)36(29-18-13-12-14-19-29)52-41(51)33-34-39(49)46(30(24-47)22-25(3)4)38(42(34)23-31(43)37(33)53-42)40(50)45(21-10-2)35-26(5)16-15-17-27(35)6/h9-10,12-19,25,28,30-31,33-34,36-38,47H,1-2,11,20-24H2,3-8H3/t28-,30+,31?,33-,34+,36+,37-,38-,42+/m0/s1. The first-order valence-corrected chi connectivity index (χ1v) is 19.5. The van der Waals surface area contributed by atoms with Gasteiger partial charge >= 0.3 is 5.97 Å². The van der Waals surface area contributed by atoms with Gasteiger partial charge in [-0.2, -0.15) is 0 Å². The topological polar surface area (TPSA) is 117 Å². The zero-order valence-electron chi connectivity index (χ0n) is 31.7. The number of likely N-dealkylation sites (tertiary alicyclic amines) is 1. The maximum atomic E-state index is 15.2. The number of rotatable bonds is 16. The summed E-state index contributed by atoms with van der Waals surface area (Å²) < 4.78 is 13.2. The van der Waals surface area contributed by atoms with Crippen LogP contribution >= 0.6 is 15.9 Å². The highest BCUT2D eigenvalue weighted by molar-refractivity contribution is 9.09. The maximum Gasteiger partial charge on any atom is 0.313 e. The Hall–Kier alpha value is -3.80. The molecule has 0 aromatic heterocycles. The predicted octanol–water partition coefficient (Wildman–Crippen LogP) is 6.08. The van der Waals surface area contributed by atoms with Crippen LogP contribution in [0.1, 0.15) is 69.2 Å². The molecule has 9 atom stereocenters. The number of benzene rings is 2.